The zero-order chi connectivity index (χ0) is 30.0. The summed E-state index contributed by atoms with van der Waals surface area (Å²) in [7, 11) is 0. The van der Waals surface area contributed by atoms with Gasteiger partial charge in [0.15, 0.2) is 0 Å². The first-order chi connectivity index (χ1) is 20.3. The highest BCUT2D eigenvalue weighted by atomic mass is 32.2. The lowest BCUT2D eigenvalue weighted by atomic mass is 10.0. The average molecular weight is 600 g/mol. The first kappa shape index (κ1) is 31.4. The van der Waals surface area contributed by atoms with Gasteiger partial charge < -0.3 is 19.9 Å². The van der Waals surface area contributed by atoms with Crippen LogP contribution in [0.4, 0.5) is 24.5 Å². The van der Waals surface area contributed by atoms with Crippen LogP contribution in [0.15, 0.2) is 63.7 Å². The van der Waals surface area contributed by atoms with E-state index in [1.807, 2.05) is 41.1 Å². The Kier molecular flexibility index (Phi) is 11.3. The standard InChI is InChI=1S/C30H36F3N7OS/c1-35-22-37-29-21-39(26-7-4-23(19-34)28(18-26)30(31,32)33)12-10-24(29)20-36-25-5-8-27(9-6-25)41-17-3-11-38-13-15-40(42-2)16-14-38/h4-9,18,22,36H,1,3,10-17,20-21H2,2H3/b37-22-. The van der Waals surface area contributed by atoms with Gasteiger partial charge >= 0.3 is 6.18 Å². The average Bonchev–Trinajstić information content (AvgIpc) is 3.01. The van der Waals surface area contributed by atoms with E-state index in [2.05, 4.69) is 37.5 Å². The van der Waals surface area contributed by atoms with Crippen molar-refractivity contribution in [2.75, 3.05) is 75.4 Å². The van der Waals surface area contributed by atoms with Crippen molar-refractivity contribution < 1.29 is 17.9 Å². The lowest BCUT2D eigenvalue weighted by Crippen LogP contribution is -2.43. The molecule has 0 bridgehead atoms. The summed E-state index contributed by atoms with van der Waals surface area (Å²) in [4.78, 5) is 12.4. The summed E-state index contributed by atoms with van der Waals surface area (Å²) in [5.74, 6) is 0.822. The summed E-state index contributed by atoms with van der Waals surface area (Å²) in [6, 6.07) is 13.2. The number of nitrogens with zero attached hydrogens (tertiary/aromatic N) is 6. The molecule has 0 spiro atoms. The van der Waals surface area contributed by atoms with Gasteiger partial charge in [-0.25, -0.2) is 9.30 Å². The van der Waals surface area contributed by atoms with Crippen LogP contribution in [0.2, 0.25) is 0 Å². The number of rotatable bonds is 12. The lowest BCUT2D eigenvalue weighted by Gasteiger charge is -2.33. The third kappa shape index (κ3) is 8.74. The van der Waals surface area contributed by atoms with Crippen molar-refractivity contribution in [3.63, 3.8) is 0 Å². The van der Waals surface area contributed by atoms with Crippen molar-refractivity contribution in [1.82, 2.24) is 9.21 Å². The van der Waals surface area contributed by atoms with Gasteiger partial charge in [-0.1, -0.05) is 11.9 Å². The number of halogens is 3. The molecule has 0 amide bonds. The van der Waals surface area contributed by atoms with Crippen LogP contribution in [0.5, 0.6) is 5.75 Å². The van der Waals surface area contributed by atoms with Crippen molar-refractivity contribution in [3.05, 3.63) is 64.9 Å². The number of benzene rings is 2. The molecule has 2 aromatic carbocycles. The lowest BCUT2D eigenvalue weighted by molar-refractivity contribution is -0.137. The summed E-state index contributed by atoms with van der Waals surface area (Å²) < 4.78 is 48.8. The minimum absolute atomic E-state index is 0.312. The Bertz CT molecular complexity index is 1300. The second kappa shape index (κ2) is 15.1. The normalized spacial score (nSPS) is 17.0. The van der Waals surface area contributed by atoms with E-state index in [1.54, 1.807) is 12.1 Å². The molecular weight excluding hydrogens is 563 g/mol. The Morgan fingerprint density at radius 1 is 1.12 bits per heavy atom. The fourth-order valence-electron chi connectivity index (χ4n) is 4.99. The maximum absolute atomic E-state index is 13.5. The second-order valence-electron chi connectivity index (χ2n) is 10.0. The highest BCUT2D eigenvalue weighted by molar-refractivity contribution is 7.96. The van der Waals surface area contributed by atoms with Crippen molar-refractivity contribution in [2.45, 2.75) is 19.0 Å². The molecule has 1 fully saturated rings. The number of aliphatic imine (C=N–C) groups is 2. The van der Waals surface area contributed by atoms with Crippen molar-refractivity contribution in [3.8, 4) is 11.8 Å². The van der Waals surface area contributed by atoms with Crippen molar-refractivity contribution >= 4 is 36.4 Å². The molecule has 8 nitrogen and oxygen atoms in total. The van der Waals surface area contributed by atoms with Crippen LogP contribution in [0.25, 0.3) is 0 Å². The number of nitrogens with one attached hydrogen (secondary N) is 1. The van der Waals surface area contributed by atoms with E-state index in [1.165, 1.54) is 12.4 Å². The van der Waals surface area contributed by atoms with Gasteiger partial charge in [0, 0.05) is 57.2 Å². The Balaban J connectivity index is 1.31. The molecule has 0 radical (unpaired) electrons. The van der Waals surface area contributed by atoms with Gasteiger partial charge in [-0.3, -0.25) is 4.99 Å². The topological polar surface area (TPSA) is 79.5 Å². The van der Waals surface area contributed by atoms with Crippen LogP contribution in [0.1, 0.15) is 24.0 Å². The first-order valence-electron chi connectivity index (χ1n) is 13.8. The van der Waals surface area contributed by atoms with Crippen LogP contribution in [0, 0.1) is 11.3 Å². The van der Waals surface area contributed by atoms with Gasteiger partial charge in [-0.05, 0) is 73.9 Å². The number of alkyl halides is 3. The van der Waals surface area contributed by atoms with Gasteiger partial charge in [0.05, 0.1) is 36.0 Å². The zero-order valence-electron chi connectivity index (χ0n) is 23.7. The molecule has 2 aliphatic heterocycles. The number of hydrogen-bond acceptors (Lipinski definition) is 8. The predicted molar refractivity (Wildman–Crippen MR) is 165 cm³/mol. The molecule has 0 aromatic heterocycles. The third-order valence-corrected chi connectivity index (χ3v) is 8.24. The molecule has 2 aromatic rings. The fraction of sp³-hybridized carbons (Fsp3) is 0.433. The van der Waals surface area contributed by atoms with E-state index in [-0.39, 0.29) is 0 Å². The monoisotopic (exact) mass is 599 g/mol. The predicted octanol–water partition coefficient (Wildman–Crippen LogP) is 5.55. The highest BCUT2D eigenvalue weighted by Gasteiger charge is 2.34. The summed E-state index contributed by atoms with van der Waals surface area (Å²) in [5, 5.41) is 12.5. The molecule has 0 saturated carbocycles. The number of hydrogen-bond donors (Lipinski definition) is 1. The number of anilines is 2. The Morgan fingerprint density at radius 2 is 1.88 bits per heavy atom. The fourth-order valence-corrected chi connectivity index (χ4v) is 5.52. The van der Waals surface area contributed by atoms with Crippen LogP contribution in [-0.2, 0) is 6.18 Å². The smallest absolute Gasteiger partial charge is 0.417 e. The Hall–Kier alpha value is -3.53. The second-order valence-corrected chi connectivity index (χ2v) is 10.9. The summed E-state index contributed by atoms with van der Waals surface area (Å²) in [5.41, 5.74) is 1.74. The van der Waals surface area contributed by atoms with Crippen LogP contribution in [0.3, 0.4) is 0 Å². The van der Waals surface area contributed by atoms with Gasteiger partial charge in [-0.15, -0.1) is 0 Å². The Labute approximate surface area is 249 Å². The maximum atomic E-state index is 13.5. The van der Waals surface area contributed by atoms with Crippen molar-refractivity contribution in [2.24, 2.45) is 9.98 Å². The van der Waals surface area contributed by atoms with E-state index < -0.39 is 17.3 Å². The zero-order valence-corrected chi connectivity index (χ0v) is 24.6. The molecule has 0 aliphatic carbocycles. The van der Waals surface area contributed by atoms with E-state index in [0.29, 0.717) is 44.0 Å². The van der Waals surface area contributed by atoms with Crippen LogP contribution < -0.4 is 15.0 Å². The number of nitriles is 1. The SMILES string of the molecule is C=N/C=N\C1=C(CNc2ccc(OCCCN3CCN(SC)CC3)cc2)CCN(c2ccc(C#N)c(C(F)(F)F)c2)C1. The molecule has 2 aliphatic rings. The molecule has 2 heterocycles. The number of piperazine rings is 1. The molecule has 0 atom stereocenters. The summed E-state index contributed by atoms with van der Waals surface area (Å²) in [6.07, 6.45) is 0.438. The van der Waals surface area contributed by atoms with Gasteiger partial charge in [0.1, 0.15) is 12.1 Å². The van der Waals surface area contributed by atoms with Crippen LogP contribution >= 0.6 is 11.9 Å². The minimum atomic E-state index is -4.61. The quantitative estimate of drug-likeness (QED) is 0.148. The first-order valence-corrected chi connectivity index (χ1v) is 15.0. The van der Waals surface area contributed by atoms with Crippen LogP contribution in [-0.4, -0.2) is 87.5 Å². The molecule has 224 valence electrons. The van der Waals surface area contributed by atoms with Gasteiger partial charge in [-0.2, -0.15) is 18.4 Å². The van der Waals surface area contributed by atoms with E-state index in [0.717, 1.165) is 62.2 Å². The molecular formula is C30H36F3N7OS. The Morgan fingerprint density at radius 3 is 2.55 bits per heavy atom. The molecule has 0 unspecified atom stereocenters. The van der Waals surface area contributed by atoms with Gasteiger partial charge in [0.25, 0.3) is 0 Å². The maximum Gasteiger partial charge on any atom is 0.417 e. The molecule has 42 heavy (non-hydrogen) atoms. The van der Waals surface area contributed by atoms with E-state index in [9.17, 15) is 13.2 Å². The van der Waals surface area contributed by atoms with Gasteiger partial charge in [0.2, 0.25) is 0 Å². The molecule has 12 heteroatoms. The van der Waals surface area contributed by atoms with E-state index in [4.69, 9.17) is 10.00 Å². The van der Waals surface area contributed by atoms with E-state index >= 15 is 0 Å². The summed E-state index contributed by atoms with van der Waals surface area (Å²) in [6.45, 7) is 10.9. The number of ether oxygens (including phenoxy) is 1. The third-order valence-electron chi connectivity index (χ3n) is 7.36. The largest absolute Gasteiger partial charge is 0.494 e. The molecule has 4 rings (SSSR count). The van der Waals surface area contributed by atoms with Crippen molar-refractivity contribution in [1.29, 1.82) is 5.26 Å². The minimum Gasteiger partial charge on any atom is -0.494 e. The highest BCUT2D eigenvalue weighted by Crippen LogP contribution is 2.35. The summed E-state index contributed by atoms with van der Waals surface area (Å²) >= 11 is 1.81. The molecule has 1 saturated heterocycles. The molecule has 1 N–H and O–H groups in total.